The molecule has 14 rings (SSSR count). The second-order valence-corrected chi connectivity index (χ2v) is 18.7. The Kier molecular flexibility index (Phi) is 9.19. The fourth-order valence-electron chi connectivity index (χ4n) is 12.1. The minimum Gasteiger partial charge on any atom is -0.309 e. The normalized spacial score (nSPS) is 12.7. The van der Waals surface area contributed by atoms with Crippen LogP contribution in [0.15, 0.2) is 273 Å². The van der Waals surface area contributed by atoms with Crippen LogP contribution in [0.25, 0.3) is 87.2 Å². The smallest absolute Gasteiger partial charge is 0.0713 e. The summed E-state index contributed by atoms with van der Waals surface area (Å²) in [5.74, 6) is 0. The van der Waals surface area contributed by atoms with Crippen molar-refractivity contribution in [1.29, 1.82) is 0 Å². The molecule has 1 heteroatoms. The highest BCUT2D eigenvalue weighted by molar-refractivity contribution is 6.23. The predicted molar refractivity (Wildman–Crippen MR) is 297 cm³/mol. The number of hydrogen-bond donors (Lipinski definition) is 0. The summed E-state index contributed by atoms with van der Waals surface area (Å²) in [5, 5.41) is 12.3. The van der Waals surface area contributed by atoms with Gasteiger partial charge in [0.1, 0.15) is 0 Å². The first kappa shape index (κ1) is 40.1. The fraction of sp³-hybridized carbons (Fsp3) is 0.0145. The zero-order valence-corrected chi connectivity index (χ0v) is 38.4. The lowest BCUT2D eigenvalue weighted by Gasteiger charge is -2.34. The van der Waals surface area contributed by atoms with E-state index < -0.39 is 5.41 Å². The molecule has 0 atom stereocenters. The largest absolute Gasteiger partial charge is 0.309 e. The zero-order chi connectivity index (χ0) is 46.2. The van der Waals surface area contributed by atoms with Gasteiger partial charge in [0.15, 0.2) is 0 Å². The van der Waals surface area contributed by atoms with Gasteiger partial charge in [0.2, 0.25) is 0 Å². The molecule has 0 spiro atoms. The monoisotopic (exact) mass is 887 g/mol. The Hall–Kier alpha value is -9.04. The molecule has 0 aliphatic heterocycles. The van der Waals surface area contributed by atoms with Crippen molar-refractivity contribution in [2.75, 3.05) is 4.90 Å². The van der Waals surface area contributed by atoms with Crippen LogP contribution in [0.2, 0.25) is 0 Å². The number of nitrogens with zero attached hydrogens (tertiary/aromatic N) is 1. The zero-order valence-electron chi connectivity index (χ0n) is 38.4. The summed E-state index contributed by atoms with van der Waals surface area (Å²) in [5.41, 5.74) is 15.6. The third-order valence-electron chi connectivity index (χ3n) is 15.1. The third kappa shape index (κ3) is 6.05. The number of anilines is 3. The minimum absolute atomic E-state index is 0.458. The van der Waals surface area contributed by atoms with Crippen LogP contribution in [0.5, 0.6) is 0 Å². The molecule has 0 heterocycles. The summed E-state index contributed by atoms with van der Waals surface area (Å²) in [6.07, 6.45) is 0. The average Bonchev–Trinajstić information content (AvgIpc) is 3.74. The summed E-state index contributed by atoms with van der Waals surface area (Å²) >= 11 is 0. The lowest BCUT2D eigenvalue weighted by Crippen LogP contribution is -2.28. The molecule has 0 bridgehead atoms. The predicted octanol–water partition coefficient (Wildman–Crippen LogP) is 18.6. The lowest BCUT2D eigenvalue weighted by atomic mass is 9.67. The van der Waals surface area contributed by atoms with Crippen molar-refractivity contribution < 1.29 is 0 Å². The topological polar surface area (TPSA) is 3.24 Å². The van der Waals surface area contributed by atoms with Crippen molar-refractivity contribution >= 4 is 70.9 Å². The molecule has 13 aromatic rings. The SMILES string of the molecule is c1ccc(C2(c3ccc(-c4c5ccccc5c(-c5ccc(N(c6cccc7ccccc67)c6cccc7ccccc67)cc5)c5cc6ccccc6cc45)cc3)c3ccccc3-c3ccccc32)cc1. The van der Waals surface area contributed by atoms with Crippen LogP contribution >= 0.6 is 0 Å². The Labute approximate surface area is 407 Å². The molecule has 1 aliphatic rings. The fourth-order valence-corrected chi connectivity index (χ4v) is 12.1. The summed E-state index contributed by atoms with van der Waals surface area (Å²) in [4.78, 5) is 2.44. The van der Waals surface area contributed by atoms with E-state index in [1.807, 2.05) is 0 Å². The maximum Gasteiger partial charge on any atom is 0.0713 e. The molecule has 1 nitrogen and oxygen atoms in total. The van der Waals surface area contributed by atoms with Gasteiger partial charge in [-0.3, -0.25) is 0 Å². The van der Waals surface area contributed by atoms with Gasteiger partial charge >= 0.3 is 0 Å². The quantitative estimate of drug-likeness (QED) is 0.144. The second kappa shape index (κ2) is 16.0. The van der Waals surface area contributed by atoms with Crippen LogP contribution in [0.3, 0.4) is 0 Å². The second-order valence-electron chi connectivity index (χ2n) is 18.7. The summed E-state index contributed by atoms with van der Waals surface area (Å²) < 4.78 is 0. The first-order chi connectivity index (χ1) is 34.7. The highest BCUT2D eigenvalue weighted by Crippen LogP contribution is 2.56. The maximum atomic E-state index is 2.44. The van der Waals surface area contributed by atoms with Crippen LogP contribution in [0.4, 0.5) is 17.1 Å². The summed E-state index contributed by atoms with van der Waals surface area (Å²) in [6, 6.07) is 101. The van der Waals surface area contributed by atoms with Gasteiger partial charge in [-0.25, -0.2) is 0 Å². The Morgan fingerprint density at radius 1 is 0.257 bits per heavy atom. The van der Waals surface area contributed by atoms with Crippen molar-refractivity contribution in [2.24, 2.45) is 0 Å². The van der Waals surface area contributed by atoms with Crippen molar-refractivity contribution in [1.82, 2.24) is 0 Å². The molecule has 0 saturated heterocycles. The van der Waals surface area contributed by atoms with Gasteiger partial charge in [-0.2, -0.15) is 0 Å². The molecule has 1 aliphatic carbocycles. The van der Waals surface area contributed by atoms with Crippen molar-refractivity contribution in [3.63, 3.8) is 0 Å². The van der Waals surface area contributed by atoms with Crippen LogP contribution in [0.1, 0.15) is 22.3 Å². The number of benzene rings is 13. The van der Waals surface area contributed by atoms with Gasteiger partial charge in [-0.1, -0.05) is 237 Å². The lowest BCUT2D eigenvalue weighted by molar-refractivity contribution is 0.768. The highest BCUT2D eigenvalue weighted by Gasteiger charge is 2.45. The van der Waals surface area contributed by atoms with Gasteiger partial charge in [0.05, 0.1) is 16.8 Å². The molecular formula is C69H45N. The number of fused-ring (bicyclic) bond motifs is 8. The van der Waals surface area contributed by atoms with Gasteiger partial charge in [-0.05, 0) is 135 Å². The first-order valence-electron chi connectivity index (χ1n) is 24.3. The van der Waals surface area contributed by atoms with E-state index in [2.05, 4.69) is 278 Å². The van der Waals surface area contributed by atoms with Gasteiger partial charge in [-0.15, -0.1) is 0 Å². The standard InChI is InChI=1S/C69H45N/c1-2-24-52(25-3-1)69(63-32-14-12-28-57(63)58-29-13-15-33-64(58)69)53-40-36-48(37-41-53)67-59-30-10-11-31-60(59)68(62-45-51-21-5-4-20-50(51)44-61(62)67)49-38-42-54(43-39-49)70(65-34-16-22-46-18-6-8-26-55(46)65)66-35-17-23-47-19-7-9-27-56(47)66/h1-45H. The molecule has 0 radical (unpaired) electrons. The molecule has 70 heavy (non-hydrogen) atoms. The van der Waals surface area contributed by atoms with Crippen LogP contribution in [-0.2, 0) is 5.41 Å². The Morgan fingerprint density at radius 2 is 0.643 bits per heavy atom. The summed E-state index contributed by atoms with van der Waals surface area (Å²) in [6.45, 7) is 0. The Bertz CT molecular complexity index is 4030. The molecular weight excluding hydrogens is 843 g/mol. The van der Waals surface area contributed by atoms with E-state index in [-0.39, 0.29) is 0 Å². The molecule has 13 aromatic carbocycles. The molecule has 0 aromatic heterocycles. The van der Waals surface area contributed by atoms with Gasteiger partial charge < -0.3 is 4.90 Å². The van der Waals surface area contributed by atoms with E-state index in [1.165, 1.54) is 109 Å². The van der Waals surface area contributed by atoms with E-state index >= 15 is 0 Å². The number of hydrogen-bond acceptors (Lipinski definition) is 1. The van der Waals surface area contributed by atoms with Gasteiger partial charge in [0, 0.05) is 16.5 Å². The molecule has 0 unspecified atom stereocenters. The number of rotatable bonds is 7. The Balaban J connectivity index is 0.966. The molecule has 0 saturated carbocycles. The van der Waals surface area contributed by atoms with Crippen molar-refractivity contribution in [2.45, 2.75) is 5.41 Å². The van der Waals surface area contributed by atoms with Crippen LogP contribution in [-0.4, -0.2) is 0 Å². The average molecular weight is 888 g/mol. The first-order valence-corrected chi connectivity index (χ1v) is 24.3. The van der Waals surface area contributed by atoms with E-state index in [1.54, 1.807) is 0 Å². The van der Waals surface area contributed by atoms with E-state index in [9.17, 15) is 0 Å². The maximum absolute atomic E-state index is 2.44. The van der Waals surface area contributed by atoms with Crippen molar-refractivity contribution in [3.8, 4) is 33.4 Å². The third-order valence-corrected chi connectivity index (χ3v) is 15.1. The highest BCUT2D eigenvalue weighted by atomic mass is 15.1. The summed E-state index contributed by atoms with van der Waals surface area (Å²) in [7, 11) is 0. The molecule has 0 N–H and O–H groups in total. The van der Waals surface area contributed by atoms with Crippen LogP contribution in [0, 0.1) is 0 Å². The van der Waals surface area contributed by atoms with Gasteiger partial charge in [0.25, 0.3) is 0 Å². The van der Waals surface area contributed by atoms with Crippen molar-refractivity contribution in [3.05, 3.63) is 295 Å². The Morgan fingerprint density at radius 3 is 1.16 bits per heavy atom. The molecule has 0 fully saturated rings. The minimum atomic E-state index is -0.458. The molecule has 0 amide bonds. The van der Waals surface area contributed by atoms with E-state index in [0.29, 0.717) is 0 Å². The molecule has 326 valence electrons. The van der Waals surface area contributed by atoms with E-state index in [4.69, 9.17) is 0 Å². The van der Waals surface area contributed by atoms with E-state index in [0.717, 1.165) is 17.1 Å². The van der Waals surface area contributed by atoms with Crippen LogP contribution < -0.4 is 4.90 Å².